The molecule has 0 spiro atoms. The number of aromatic nitrogens is 4. The van der Waals surface area contributed by atoms with Gasteiger partial charge in [-0.3, -0.25) is 10.00 Å². The summed E-state index contributed by atoms with van der Waals surface area (Å²) < 4.78 is 19.4. The Bertz CT molecular complexity index is 1720. The summed E-state index contributed by atoms with van der Waals surface area (Å²) in [5.74, 6) is 2.15. The quantitative estimate of drug-likeness (QED) is 0.248. The van der Waals surface area contributed by atoms with E-state index in [4.69, 9.17) is 24.2 Å². The lowest BCUT2D eigenvalue weighted by molar-refractivity contribution is 0.0296. The predicted molar refractivity (Wildman–Crippen MR) is 175 cm³/mol. The SMILES string of the molecule is C=CC(O)N1CCN(c2nc(OC[C@@H]3CCCN3C)nc3c(OC4CC4)c(-c4c(C)ccc5[nH]ncc45)c(OC)cc23)[C@@H](C)C1. The van der Waals surface area contributed by atoms with Crippen LogP contribution in [0, 0.1) is 6.92 Å². The number of fused-ring (bicyclic) bond motifs is 2. The average molecular weight is 614 g/mol. The molecule has 4 heterocycles. The predicted octanol–water partition coefficient (Wildman–Crippen LogP) is 4.52. The number of rotatable bonds is 10. The molecule has 7 rings (SSSR count). The summed E-state index contributed by atoms with van der Waals surface area (Å²) in [5, 5.41) is 19.8. The molecule has 2 aromatic heterocycles. The molecular weight excluding hydrogens is 570 g/mol. The van der Waals surface area contributed by atoms with Crippen molar-refractivity contribution >= 4 is 27.6 Å². The highest BCUT2D eigenvalue weighted by atomic mass is 16.5. The van der Waals surface area contributed by atoms with E-state index in [9.17, 15) is 5.11 Å². The second-order valence-electron chi connectivity index (χ2n) is 12.7. The van der Waals surface area contributed by atoms with Crippen molar-refractivity contribution in [1.29, 1.82) is 0 Å². The standard InChI is InChI=1S/C34H43N7O4/c1-6-28(42)40-14-15-41(21(3)18-40)33-24-16-27(43-5)30(29-20(2)9-12-26-25(29)17-35-38-26)32(45-23-10-11-23)31(24)36-34(37-33)44-19-22-8-7-13-39(22)4/h6,9,12,16-17,21-23,28,42H,1,7-8,10-11,13-15,18-19H2,2-5H3,(H,35,38)/t21-,22-,28?/m0/s1. The second-order valence-corrected chi connectivity index (χ2v) is 12.7. The first-order valence-electron chi connectivity index (χ1n) is 16.0. The van der Waals surface area contributed by atoms with E-state index in [1.807, 2.05) is 23.2 Å². The fourth-order valence-corrected chi connectivity index (χ4v) is 6.83. The average Bonchev–Trinajstić information content (AvgIpc) is 3.57. The van der Waals surface area contributed by atoms with Gasteiger partial charge < -0.3 is 29.1 Å². The number of benzene rings is 2. The number of piperazine rings is 1. The molecular formula is C34H43N7O4. The number of aromatic amines is 1. The van der Waals surface area contributed by atoms with E-state index in [0.29, 0.717) is 55.3 Å². The molecule has 2 N–H and O–H groups in total. The first-order valence-corrected chi connectivity index (χ1v) is 16.0. The normalized spacial score (nSPS) is 21.8. The van der Waals surface area contributed by atoms with Crippen LogP contribution in [0.15, 0.2) is 37.1 Å². The number of nitrogens with zero attached hydrogens (tertiary/aromatic N) is 6. The van der Waals surface area contributed by atoms with Crippen molar-refractivity contribution < 1.29 is 19.3 Å². The van der Waals surface area contributed by atoms with Gasteiger partial charge in [-0.25, -0.2) is 0 Å². The largest absolute Gasteiger partial charge is 0.496 e. The Labute approximate surface area is 263 Å². The molecule has 3 aliphatic rings. The van der Waals surface area contributed by atoms with Crippen LogP contribution in [-0.2, 0) is 0 Å². The zero-order valence-corrected chi connectivity index (χ0v) is 26.6. The Morgan fingerprint density at radius 2 is 1.98 bits per heavy atom. The molecule has 238 valence electrons. The molecule has 4 aromatic rings. The molecule has 2 aromatic carbocycles. The van der Waals surface area contributed by atoms with E-state index in [0.717, 1.165) is 71.0 Å². The Morgan fingerprint density at radius 1 is 1.13 bits per heavy atom. The number of aliphatic hydroxyl groups excluding tert-OH is 1. The number of nitrogens with one attached hydrogen (secondary N) is 1. The lowest BCUT2D eigenvalue weighted by Crippen LogP contribution is -2.55. The molecule has 2 saturated heterocycles. The first kappa shape index (κ1) is 29.8. The lowest BCUT2D eigenvalue weighted by Gasteiger charge is -2.42. The third kappa shape index (κ3) is 5.57. The molecule has 3 fully saturated rings. The van der Waals surface area contributed by atoms with Gasteiger partial charge in [-0.15, -0.1) is 0 Å². The molecule has 45 heavy (non-hydrogen) atoms. The third-order valence-electron chi connectivity index (χ3n) is 9.57. The summed E-state index contributed by atoms with van der Waals surface area (Å²) in [6, 6.07) is 6.91. The van der Waals surface area contributed by atoms with Crippen LogP contribution in [0.3, 0.4) is 0 Å². The molecule has 1 unspecified atom stereocenters. The van der Waals surface area contributed by atoms with E-state index in [1.54, 1.807) is 13.2 Å². The van der Waals surface area contributed by atoms with Crippen LogP contribution in [0.25, 0.3) is 32.9 Å². The van der Waals surface area contributed by atoms with Crippen LogP contribution < -0.4 is 19.1 Å². The van der Waals surface area contributed by atoms with E-state index in [1.165, 1.54) is 0 Å². The van der Waals surface area contributed by atoms with Crippen LogP contribution >= 0.6 is 0 Å². The third-order valence-corrected chi connectivity index (χ3v) is 9.57. The minimum absolute atomic E-state index is 0.0562. The highest BCUT2D eigenvalue weighted by Crippen LogP contribution is 2.50. The van der Waals surface area contributed by atoms with Gasteiger partial charge in [0.25, 0.3) is 0 Å². The van der Waals surface area contributed by atoms with Crippen molar-refractivity contribution in [1.82, 2.24) is 30.0 Å². The molecule has 0 radical (unpaired) electrons. The molecule has 0 amide bonds. The molecule has 3 atom stereocenters. The van der Waals surface area contributed by atoms with Crippen LogP contribution in [0.1, 0.15) is 38.2 Å². The Morgan fingerprint density at radius 3 is 2.69 bits per heavy atom. The lowest BCUT2D eigenvalue weighted by atomic mass is 9.94. The van der Waals surface area contributed by atoms with E-state index >= 15 is 0 Å². The van der Waals surface area contributed by atoms with Gasteiger partial charge >= 0.3 is 6.01 Å². The minimum Gasteiger partial charge on any atom is -0.496 e. The van der Waals surface area contributed by atoms with Crippen molar-refractivity contribution in [3.63, 3.8) is 0 Å². The van der Waals surface area contributed by atoms with Crippen molar-refractivity contribution in [3.8, 4) is 28.6 Å². The highest BCUT2D eigenvalue weighted by molar-refractivity contribution is 6.06. The summed E-state index contributed by atoms with van der Waals surface area (Å²) in [6.07, 6.45) is 7.10. The van der Waals surface area contributed by atoms with Crippen molar-refractivity contribution in [2.24, 2.45) is 0 Å². The van der Waals surface area contributed by atoms with Crippen molar-refractivity contribution in [2.45, 2.75) is 63.9 Å². The monoisotopic (exact) mass is 613 g/mol. The Kier molecular flexibility index (Phi) is 8.01. The van der Waals surface area contributed by atoms with Crippen LogP contribution in [0.2, 0.25) is 0 Å². The summed E-state index contributed by atoms with van der Waals surface area (Å²) in [6.45, 7) is 11.6. The number of anilines is 1. The van der Waals surface area contributed by atoms with Gasteiger partial charge in [0.15, 0.2) is 5.75 Å². The molecule has 0 bridgehead atoms. The fraction of sp³-hybridized carbons (Fsp3) is 0.500. The van der Waals surface area contributed by atoms with Gasteiger partial charge in [0.2, 0.25) is 0 Å². The second kappa shape index (κ2) is 12.1. The number of ether oxygens (including phenoxy) is 3. The molecule has 1 saturated carbocycles. The zero-order valence-electron chi connectivity index (χ0n) is 26.6. The summed E-state index contributed by atoms with van der Waals surface area (Å²) in [7, 11) is 3.84. The first-order chi connectivity index (χ1) is 21.9. The minimum atomic E-state index is -0.686. The topological polar surface area (TPSA) is 112 Å². The number of hydrogen-bond acceptors (Lipinski definition) is 10. The van der Waals surface area contributed by atoms with E-state index < -0.39 is 6.23 Å². The van der Waals surface area contributed by atoms with E-state index in [2.05, 4.69) is 53.5 Å². The van der Waals surface area contributed by atoms with Gasteiger partial charge in [0.1, 0.15) is 29.9 Å². The molecule has 11 heteroatoms. The zero-order chi connectivity index (χ0) is 31.2. The Balaban J connectivity index is 1.43. The maximum absolute atomic E-state index is 10.5. The van der Waals surface area contributed by atoms with Gasteiger partial charge in [-0.05, 0) is 76.9 Å². The summed E-state index contributed by atoms with van der Waals surface area (Å²) in [5.41, 5.74) is 4.60. The number of hydrogen-bond donors (Lipinski definition) is 2. The van der Waals surface area contributed by atoms with Crippen molar-refractivity contribution in [3.05, 3.63) is 42.6 Å². The number of likely N-dealkylation sites (tertiary alicyclic amines) is 1. The van der Waals surface area contributed by atoms with Gasteiger partial charge in [-0.2, -0.15) is 15.1 Å². The van der Waals surface area contributed by atoms with Gasteiger partial charge in [0, 0.05) is 42.7 Å². The summed E-state index contributed by atoms with van der Waals surface area (Å²) >= 11 is 0. The Hall–Kier alpha value is -3.93. The van der Waals surface area contributed by atoms with Crippen molar-refractivity contribution in [2.75, 3.05) is 51.8 Å². The number of likely N-dealkylation sites (N-methyl/N-ethyl adjacent to an activating group) is 1. The van der Waals surface area contributed by atoms with Crippen LogP contribution in [0.5, 0.6) is 17.5 Å². The van der Waals surface area contributed by atoms with E-state index in [-0.39, 0.29) is 12.1 Å². The van der Waals surface area contributed by atoms with Gasteiger partial charge in [-0.1, -0.05) is 12.6 Å². The highest BCUT2D eigenvalue weighted by Gasteiger charge is 2.34. The number of methoxy groups -OCH3 is 1. The van der Waals surface area contributed by atoms with Crippen LogP contribution in [-0.4, -0.2) is 106 Å². The molecule has 11 nitrogen and oxygen atoms in total. The van der Waals surface area contributed by atoms with Gasteiger partial charge in [0.05, 0.1) is 35.9 Å². The maximum Gasteiger partial charge on any atom is 0.319 e. The fourth-order valence-electron chi connectivity index (χ4n) is 6.83. The number of aryl methyl sites for hydroxylation is 1. The smallest absolute Gasteiger partial charge is 0.319 e. The maximum atomic E-state index is 10.5. The number of H-pyrrole nitrogens is 1. The molecule has 1 aliphatic carbocycles. The van der Waals surface area contributed by atoms with Crippen LogP contribution in [0.4, 0.5) is 5.82 Å². The summed E-state index contributed by atoms with van der Waals surface area (Å²) in [4.78, 5) is 16.8. The molecule has 2 aliphatic heterocycles. The number of aliphatic hydroxyl groups is 1.